The van der Waals surface area contributed by atoms with Crippen LogP contribution in [0.15, 0.2) is 60.0 Å². The van der Waals surface area contributed by atoms with Crippen molar-refractivity contribution >= 4 is 33.3 Å². The molecule has 3 rings (SSSR count). The molecule has 3 N–H and O–H groups in total. The predicted molar refractivity (Wildman–Crippen MR) is 120 cm³/mol. The Kier molecular flexibility index (Phi) is 7.77. The van der Waals surface area contributed by atoms with Crippen LogP contribution in [0.3, 0.4) is 0 Å². The summed E-state index contributed by atoms with van der Waals surface area (Å²) in [6, 6.07) is 8.43. The van der Waals surface area contributed by atoms with Crippen LogP contribution in [-0.2, 0) is 14.8 Å². The second kappa shape index (κ2) is 10.5. The molecule has 0 aromatic heterocycles. The Hall–Kier alpha value is -3.31. The Balaban J connectivity index is 1.54. The summed E-state index contributed by atoms with van der Waals surface area (Å²) < 4.78 is 53.8. The molecule has 0 saturated carbocycles. The molecule has 0 unspecified atom stereocenters. The van der Waals surface area contributed by atoms with Crippen molar-refractivity contribution in [2.24, 2.45) is 5.92 Å². The van der Waals surface area contributed by atoms with E-state index in [1.54, 1.807) is 30.3 Å². The molecule has 0 aliphatic carbocycles. The van der Waals surface area contributed by atoms with Gasteiger partial charge in [-0.15, -0.1) is 6.58 Å². The van der Waals surface area contributed by atoms with Gasteiger partial charge in [-0.3, -0.25) is 4.79 Å². The van der Waals surface area contributed by atoms with Crippen LogP contribution < -0.4 is 16.0 Å². The molecule has 176 valence electrons. The molecule has 3 amide bonds. The molecule has 8 nitrogen and oxygen atoms in total. The minimum Gasteiger partial charge on any atom is -0.334 e. The molecule has 1 saturated heterocycles. The summed E-state index contributed by atoms with van der Waals surface area (Å²) in [6.07, 6.45) is 2.04. The number of piperidine rings is 1. The molecule has 33 heavy (non-hydrogen) atoms. The van der Waals surface area contributed by atoms with Crippen LogP contribution in [0.25, 0.3) is 0 Å². The van der Waals surface area contributed by atoms with Gasteiger partial charge in [-0.05, 0) is 55.3 Å². The van der Waals surface area contributed by atoms with E-state index >= 15 is 0 Å². The van der Waals surface area contributed by atoms with Crippen LogP contribution in [0.5, 0.6) is 0 Å². The Morgan fingerprint density at radius 1 is 1.03 bits per heavy atom. The fraction of sp³-hybridized carbons (Fsp3) is 0.273. The molecule has 1 aliphatic rings. The highest BCUT2D eigenvalue weighted by molar-refractivity contribution is 7.89. The first-order valence-corrected chi connectivity index (χ1v) is 11.7. The van der Waals surface area contributed by atoms with Crippen molar-refractivity contribution in [3.05, 3.63) is 66.8 Å². The minimum absolute atomic E-state index is 0.0129. The van der Waals surface area contributed by atoms with E-state index in [1.165, 1.54) is 0 Å². The molecular formula is C22H24F2N4O4S. The lowest BCUT2D eigenvalue weighted by atomic mass is 9.97. The van der Waals surface area contributed by atoms with Gasteiger partial charge in [0.2, 0.25) is 15.9 Å². The number of carbonyl (C=O) groups excluding carboxylic acids is 2. The number of rotatable bonds is 7. The van der Waals surface area contributed by atoms with E-state index < -0.39 is 32.5 Å². The Labute approximate surface area is 190 Å². The highest BCUT2D eigenvalue weighted by Crippen LogP contribution is 2.27. The molecule has 1 aliphatic heterocycles. The number of benzene rings is 2. The fourth-order valence-electron chi connectivity index (χ4n) is 3.39. The molecule has 2 aromatic carbocycles. The maximum absolute atomic E-state index is 14.0. The lowest BCUT2D eigenvalue weighted by Gasteiger charge is -2.30. The van der Waals surface area contributed by atoms with Gasteiger partial charge in [0.05, 0.1) is 0 Å². The number of urea groups is 1. The van der Waals surface area contributed by atoms with Crippen LogP contribution in [0.4, 0.5) is 25.0 Å². The number of carbonyl (C=O) groups is 2. The van der Waals surface area contributed by atoms with E-state index in [-0.39, 0.29) is 37.9 Å². The molecule has 11 heteroatoms. The number of amides is 3. The van der Waals surface area contributed by atoms with Gasteiger partial charge in [0.25, 0.3) is 0 Å². The lowest BCUT2D eigenvalue weighted by Crippen LogP contribution is -2.41. The molecule has 0 bridgehead atoms. The molecule has 1 fully saturated rings. The fourth-order valence-corrected chi connectivity index (χ4v) is 4.94. The number of sulfonamides is 1. The summed E-state index contributed by atoms with van der Waals surface area (Å²) in [5.41, 5.74) is 1.06. The number of hydrogen-bond acceptors (Lipinski definition) is 4. The van der Waals surface area contributed by atoms with Crippen molar-refractivity contribution < 1.29 is 26.8 Å². The predicted octanol–water partition coefficient (Wildman–Crippen LogP) is 3.31. The number of anilines is 2. The third kappa shape index (κ3) is 6.14. The van der Waals surface area contributed by atoms with Crippen LogP contribution in [0.1, 0.15) is 12.8 Å². The molecule has 0 atom stereocenters. The summed E-state index contributed by atoms with van der Waals surface area (Å²) in [5.74, 6) is -2.57. The van der Waals surface area contributed by atoms with Gasteiger partial charge in [-0.25, -0.2) is 22.0 Å². The lowest BCUT2D eigenvalue weighted by molar-refractivity contribution is -0.120. The average molecular weight is 479 g/mol. The quantitative estimate of drug-likeness (QED) is 0.531. The zero-order valence-electron chi connectivity index (χ0n) is 17.7. The number of halogens is 2. The largest absolute Gasteiger partial charge is 0.334 e. The molecular weight excluding hydrogens is 454 g/mol. The van der Waals surface area contributed by atoms with Crippen LogP contribution in [0, 0.1) is 17.6 Å². The summed E-state index contributed by atoms with van der Waals surface area (Å²) in [6.45, 7) is 3.87. The third-order valence-corrected chi connectivity index (χ3v) is 7.07. The third-order valence-electron chi connectivity index (χ3n) is 5.15. The van der Waals surface area contributed by atoms with Crippen molar-refractivity contribution in [3.8, 4) is 0 Å². The van der Waals surface area contributed by atoms with E-state index in [2.05, 4.69) is 22.5 Å². The van der Waals surface area contributed by atoms with Gasteiger partial charge in [-0.2, -0.15) is 4.31 Å². The second-order valence-electron chi connectivity index (χ2n) is 7.44. The van der Waals surface area contributed by atoms with E-state index in [0.717, 1.165) is 16.4 Å². The summed E-state index contributed by atoms with van der Waals surface area (Å²) in [5, 5.41) is 7.98. The smallest absolute Gasteiger partial charge is 0.319 e. The Morgan fingerprint density at radius 3 is 2.24 bits per heavy atom. The van der Waals surface area contributed by atoms with Gasteiger partial charge >= 0.3 is 6.03 Å². The molecule has 0 spiro atoms. The van der Waals surface area contributed by atoms with Gasteiger partial charge in [0.1, 0.15) is 16.5 Å². The monoisotopic (exact) mass is 478 g/mol. The van der Waals surface area contributed by atoms with Crippen molar-refractivity contribution in [2.45, 2.75) is 17.7 Å². The number of hydrogen-bond donors (Lipinski definition) is 3. The van der Waals surface area contributed by atoms with E-state index in [0.29, 0.717) is 24.0 Å². The summed E-state index contributed by atoms with van der Waals surface area (Å²) in [7, 11) is -4.20. The van der Waals surface area contributed by atoms with Crippen LogP contribution in [0.2, 0.25) is 0 Å². The first kappa shape index (κ1) is 24.3. The van der Waals surface area contributed by atoms with Crippen molar-refractivity contribution in [3.63, 3.8) is 0 Å². The Morgan fingerprint density at radius 2 is 1.64 bits per heavy atom. The maximum atomic E-state index is 14.0. The zero-order valence-corrected chi connectivity index (χ0v) is 18.5. The van der Waals surface area contributed by atoms with Crippen molar-refractivity contribution in [2.75, 3.05) is 30.3 Å². The highest BCUT2D eigenvalue weighted by Gasteiger charge is 2.33. The number of nitrogens with zero attached hydrogens (tertiary/aromatic N) is 1. The van der Waals surface area contributed by atoms with E-state index in [1.807, 2.05) is 0 Å². The number of nitrogens with one attached hydrogen (secondary N) is 3. The van der Waals surface area contributed by atoms with Crippen LogP contribution in [-0.4, -0.2) is 44.3 Å². The molecule has 2 aromatic rings. The van der Waals surface area contributed by atoms with Gasteiger partial charge in [0.15, 0.2) is 0 Å². The van der Waals surface area contributed by atoms with Crippen LogP contribution >= 0.6 is 0 Å². The van der Waals surface area contributed by atoms with Crippen molar-refractivity contribution in [1.29, 1.82) is 0 Å². The maximum Gasteiger partial charge on any atom is 0.319 e. The highest BCUT2D eigenvalue weighted by atomic mass is 32.2. The topological polar surface area (TPSA) is 108 Å². The first-order chi connectivity index (χ1) is 15.7. The van der Waals surface area contributed by atoms with Gasteiger partial charge in [-0.1, -0.05) is 6.08 Å². The minimum atomic E-state index is -4.20. The summed E-state index contributed by atoms with van der Waals surface area (Å²) >= 11 is 0. The Bertz CT molecular complexity index is 1130. The molecule has 1 heterocycles. The standard InChI is InChI=1S/C22H24F2N4O4S/c1-2-11-25-22(30)27-18-6-4-17(5-7-18)26-21(29)15-9-12-28(13-10-15)33(31,32)20-14-16(23)3-8-19(20)24/h2-8,14-15H,1,9-13H2,(H,26,29)(H2,25,27,30). The first-order valence-electron chi connectivity index (χ1n) is 10.2. The second-order valence-corrected chi connectivity index (χ2v) is 9.35. The zero-order chi connectivity index (χ0) is 24.0. The van der Waals surface area contributed by atoms with E-state index in [4.69, 9.17) is 0 Å². The summed E-state index contributed by atoms with van der Waals surface area (Å²) in [4.78, 5) is 23.5. The average Bonchev–Trinajstić information content (AvgIpc) is 2.80. The van der Waals surface area contributed by atoms with Crippen molar-refractivity contribution in [1.82, 2.24) is 9.62 Å². The molecule has 0 radical (unpaired) electrons. The van der Waals surface area contributed by atoms with Gasteiger partial charge in [0, 0.05) is 36.9 Å². The van der Waals surface area contributed by atoms with Gasteiger partial charge < -0.3 is 16.0 Å². The van der Waals surface area contributed by atoms with E-state index in [9.17, 15) is 26.8 Å². The normalized spacial score (nSPS) is 15.0. The SMILES string of the molecule is C=CCNC(=O)Nc1ccc(NC(=O)C2CCN(S(=O)(=O)c3cc(F)ccc3F)CC2)cc1.